The fraction of sp³-hybridized carbons (Fsp3) is 0.222. The van der Waals surface area contributed by atoms with E-state index in [-0.39, 0.29) is 11.4 Å². The number of sulfonamides is 1. The Morgan fingerprint density at radius 3 is 2.58 bits per heavy atom. The topological polar surface area (TPSA) is 76.3 Å². The molecule has 0 saturated carbocycles. The first-order chi connectivity index (χ1) is 12.4. The number of hydrogen-bond donors (Lipinski definition) is 0. The van der Waals surface area contributed by atoms with E-state index in [9.17, 15) is 8.42 Å². The van der Waals surface area contributed by atoms with Crippen molar-refractivity contribution in [1.82, 2.24) is 14.4 Å². The SMILES string of the molecule is Cc1cccc(S(=O)(=O)N(C)CCc2noc(-c3ccc(Cl)cc3)n2)c1. The van der Waals surface area contributed by atoms with Crippen molar-refractivity contribution in [2.45, 2.75) is 18.2 Å². The molecule has 3 aromatic rings. The van der Waals surface area contributed by atoms with Gasteiger partial charge in [-0.05, 0) is 48.9 Å². The van der Waals surface area contributed by atoms with Crippen LogP contribution >= 0.6 is 11.6 Å². The third kappa shape index (κ3) is 4.12. The van der Waals surface area contributed by atoms with Gasteiger partial charge in [0.15, 0.2) is 5.82 Å². The predicted octanol–water partition coefficient (Wildman–Crippen LogP) is 3.56. The predicted molar refractivity (Wildman–Crippen MR) is 99.4 cm³/mol. The molecule has 0 amide bonds. The average molecular weight is 392 g/mol. The van der Waals surface area contributed by atoms with Gasteiger partial charge in [-0.2, -0.15) is 4.98 Å². The van der Waals surface area contributed by atoms with Crippen molar-refractivity contribution in [1.29, 1.82) is 0 Å². The first-order valence-corrected chi connectivity index (χ1v) is 9.79. The van der Waals surface area contributed by atoms with E-state index in [1.165, 1.54) is 11.4 Å². The van der Waals surface area contributed by atoms with Gasteiger partial charge in [0, 0.05) is 30.6 Å². The summed E-state index contributed by atoms with van der Waals surface area (Å²) in [5.41, 5.74) is 1.65. The number of aromatic nitrogens is 2. The largest absolute Gasteiger partial charge is 0.334 e. The van der Waals surface area contributed by atoms with Gasteiger partial charge in [-0.3, -0.25) is 0 Å². The van der Waals surface area contributed by atoms with E-state index in [1.807, 2.05) is 13.0 Å². The van der Waals surface area contributed by atoms with Crippen LogP contribution in [0.5, 0.6) is 0 Å². The highest BCUT2D eigenvalue weighted by Crippen LogP contribution is 2.20. The van der Waals surface area contributed by atoms with Crippen LogP contribution in [0.3, 0.4) is 0 Å². The van der Waals surface area contributed by atoms with Crippen LogP contribution in [0.4, 0.5) is 0 Å². The maximum atomic E-state index is 12.6. The lowest BCUT2D eigenvalue weighted by atomic mass is 10.2. The minimum atomic E-state index is -3.55. The zero-order valence-electron chi connectivity index (χ0n) is 14.4. The molecule has 0 radical (unpaired) electrons. The average Bonchev–Trinajstić information content (AvgIpc) is 3.09. The van der Waals surface area contributed by atoms with Gasteiger partial charge in [-0.1, -0.05) is 28.9 Å². The molecule has 0 unspecified atom stereocenters. The minimum Gasteiger partial charge on any atom is -0.334 e. The van der Waals surface area contributed by atoms with Crippen molar-refractivity contribution in [2.24, 2.45) is 0 Å². The fourth-order valence-electron chi connectivity index (χ4n) is 2.40. The minimum absolute atomic E-state index is 0.246. The Hall–Kier alpha value is -2.22. The molecule has 26 heavy (non-hydrogen) atoms. The fourth-order valence-corrected chi connectivity index (χ4v) is 3.80. The molecule has 0 bridgehead atoms. The Balaban J connectivity index is 1.68. The summed E-state index contributed by atoms with van der Waals surface area (Å²) < 4.78 is 31.8. The van der Waals surface area contributed by atoms with Gasteiger partial charge in [-0.15, -0.1) is 0 Å². The molecule has 8 heteroatoms. The lowest BCUT2D eigenvalue weighted by molar-refractivity contribution is 0.415. The third-order valence-corrected chi connectivity index (χ3v) is 6.01. The van der Waals surface area contributed by atoms with Gasteiger partial charge >= 0.3 is 0 Å². The van der Waals surface area contributed by atoms with Crippen molar-refractivity contribution in [3.05, 3.63) is 64.9 Å². The molecule has 3 rings (SSSR count). The van der Waals surface area contributed by atoms with E-state index < -0.39 is 10.0 Å². The molecule has 0 saturated heterocycles. The smallest absolute Gasteiger partial charge is 0.257 e. The lowest BCUT2D eigenvalue weighted by Crippen LogP contribution is -2.29. The highest BCUT2D eigenvalue weighted by atomic mass is 35.5. The molecule has 6 nitrogen and oxygen atoms in total. The number of rotatable bonds is 6. The van der Waals surface area contributed by atoms with Crippen molar-refractivity contribution in [2.75, 3.05) is 13.6 Å². The summed E-state index contributed by atoms with van der Waals surface area (Å²) in [5.74, 6) is 0.821. The van der Waals surface area contributed by atoms with E-state index in [0.717, 1.165) is 11.1 Å². The summed E-state index contributed by atoms with van der Waals surface area (Å²) in [7, 11) is -2.01. The Bertz CT molecular complexity index is 1000. The quantitative estimate of drug-likeness (QED) is 0.642. The summed E-state index contributed by atoms with van der Waals surface area (Å²) in [6.07, 6.45) is 0.346. The molecule has 0 fully saturated rings. The molecule has 136 valence electrons. The lowest BCUT2D eigenvalue weighted by Gasteiger charge is -2.16. The molecule has 1 heterocycles. The van der Waals surface area contributed by atoms with E-state index in [0.29, 0.717) is 23.2 Å². The van der Waals surface area contributed by atoms with Gasteiger partial charge in [0.25, 0.3) is 5.89 Å². The second-order valence-corrected chi connectivity index (χ2v) is 8.40. The Morgan fingerprint density at radius 1 is 1.15 bits per heavy atom. The number of aryl methyl sites for hydroxylation is 1. The molecule has 2 aromatic carbocycles. The van der Waals surface area contributed by atoms with Crippen LogP contribution in [-0.2, 0) is 16.4 Å². The molecule has 0 N–H and O–H groups in total. The highest BCUT2D eigenvalue weighted by Gasteiger charge is 2.21. The Kier molecular flexibility index (Phi) is 5.41. The summed E-state index contributed by atoms with van der Waals surface area (Å²) in [6, 6.07) is 13.9. The van der Waals surface area contributed by atoms with Crippen LogP contribution in [-0.4, -0.2) is 36.5 Å². The molecule has 0 atom stereocenters. The molecule has 0 aliphatic carbocycles. The molecular weight excluding hydrogens is 374 g/mol. The first-order valence-electron chi connectivity index (χ1n) is 7.98. The van der Waals surface area contributed by atoms with Crippen LogP contribution in [0.25, 0.3) is 11.5 Å². The van der Waals surface area contributed by atoms with Crippen molar-refractivity contribution >= 4 is 21.6 Å². The Morgan fingerprint density at radius 2 is 1.88 bits per heavy atom. The third-order valence-electron chi connectivity index (χ3n) is 3.91. The number of nitrogens with zero attached hydrogens (tertiary/aromatic N) is 3. The second-order valence-electron chi connectivity index (χ2n) is 5.92. The number of likely N-dealkylation sites (N-methyl/N-ethyl adjacent to an activating group) is 1. The summed E-state index contributed by atoms with van der Waals surface area (Å²) in [4.78, 5) is 4.58. The summed E-state index contributed by atoms with van der Waals surface area (Å²) in [6.45, 7) is 2.10. The van der Waals surface area contributed by atoms with Gasteiger partial charge in [0.2, 0.25) is 10.0 Å². The zero-order chi connectivity index (χ0) is 18.7. The van der Waals surface area contributed by atoms with Crippen molar-refractivity contribution in [3.8, 4) is 11.5 Å². The number of hydrogen-bond acceptors (Lipinski definition) is 5. The summed E-state index contributed by atoms with van der Waals surface area (Å²) >= 11 is 5.86. The van der Waals surface area contributed by atoms with Crippen molar-refractivity contribution in [3.63, 3.8) is 0 Å². The standard InChI is InChI=1S/C18H18ClN3O3S/c1-13-4-3-5-16(12-13)26(23,24)22(2)11-10-17-20-18(25-21-17)14-6-8-15(19)9-7-14/h3-9,12H,10-11H2,1-2H3. The molecule has 1 aromatic heterocycles. The van der Waals surface area contributed by atoms with Crippen LogP contribution < -0.4 is 0 Å². The number of halogens is 1. The number of benzene rings is 2. The van der Waals surface area contributed by atoms with E-state index in [2.05, 4.69) is 10.1 Å². The highest BCUT2D eigenvalue weighted by molar-refractivity contribution is 7.89. The van der Waals surface area contributed by atoms with Crippen LogP contribution in [0.1, 0.15) is 11.4 Å². The van der Waals surface area contributed by atoms with E-state index in [4.69, 9.17) is 16.1 Å². The maximum Gasteiger partial charge on any atom is 0.257 e. The van der Waals surface area contributed by atoms with Gasteiger partial charge < -0.3 is 4.52 Å². The van der Waals surface area contributed by atoms with Crippen LogP contribution in [0.15, 0.2) is 57.9 Å². The van der Waals surface area contributed by atoms with Crippen LogP contribution in [0, 0.1) is 6.92 Å². The molecule has 0 spiro atoms. The normalized spacial score (nSPS) is 11.8. The maximum absolute atomic E-state index is 12.6. The molecule has 0 aliphatic heterocycles. The van der Waals surface area contributed by atoms with Gasteiger partial charge in [0.05, 0.1) is 4.90 Å². The molecule has 0 aliphatic rings. The van der Waals surface area contributed by atoms with Crippen molar-refractivity contribution < 1.29 is 12.9 Å². The monoisotopic (exact) mass is 391 g/mol. The van der Waals surface area contributed by atoms with Gasteiger partial charge in [0.1, 0.15) is 0 Å². The Labute approximate surface area is 157 Å². The second kappa shape index (κ2) is 7.57. The zero-order valence-corrected chi connectivity index (χ0v) is 16.0. The van der Waals surface area contributed by atoms with Crippen LogP contribution in [0.2, 0.25) is 5.02 Å². The summed E-state index contributed by atoms with van der Waals surface area (Å²) in [5, 5.41) is 4.54. The van der Waals surface area contributed by atoms with Gasteiger partial charge in [-0.25, -0.2) is 12.7 Å². The first kappa shape index (κ1) is 18.6. The van der Waals surface area contributed by atoms with E-state index in [1.54, 1.807) is 42.5 Å². The van der Waals surface area contributed by atoms with E-state index >= 15 is 0 Å². The molecular formula is C18H18ClN3O3S.